The van der Waals surface area contributed by atoms with Crippen molar-refractivity contribution in [2.45, 2.75) is 45.7 Å². The third kappa shape index (κ3) is 3.99. The summed E-state index contributed by atoms with van der Waals surface area (Å²) in [5.41, 5.74) is 2.60. The molecular weight excluding hydrogens is 318 g/mol. The van der Waals surface area contributed by atoms with Crippen molar-refractivity contribution in [1.29, 1.82) is 0 Å². The summed E-state index contributed by atoms with van der Waals surface area (Å²) in [6.07, 6.45) is 1.63. The lowest BCUT2D eigenvalue weighted by atomic mass is 9.93. The molecule has 0 saturated heterocycles. The van der Waals surface area contributed by atoms with E-state index in [4.69, 9.17) is 4.42 Å². The second-order valence-corrected chi connectivity index (χ2v) is 7.06. The van der Waals surface area contributed by atoms with Crippen LogP contribution in [-0.4, -0.2) is 21.0 Å². The molecule has 7 nitrogen and oxygen atoms in total. The number of H-pyrrole nitrogens is 1. The number of carbonyl (C=O) groups is 1. The molecule has 0 fully saturated rings. The van der Waals surface area contributed by atoms with Crippen molar-refractivity contribution in [3.05, 3.63) is 47.9 Å². The Kier molecular flexibility index (Phi) is 4.48. The number of carbonyl (C=O) groups excluding carboxylic acids is 1. The molecule has 3 N–H and O–H groups in total. The maximum absolute atomic E-state index is 12.1. The second-order valence-electron chi connectivity index (χ2n) is 7.06. The first kappa shape index (κ1) is 17.0. The number of nitrogens with zero attached hydrogens (tertiary/aromatic N) is 2. The van der Waals surface area contributed by atoms with Gasteiger partial charge in [0.15, 0.2) is 0 Å². The van der Waals surface area contributed by atoms with Crippen molar-refractivity contribution in [1.82, 2.24) is 25.6 Å². The summed E-state index contributed by atoms with van der Waals surface area (Å²) in [6, 6.07) is 7.20. The van der Waals surface area contributed by atoms with Gasteiger partial charge >= 0.3 is 6.03 Å². The number of hydrogen-bond acceptors (Lipinski definition) is 4. The molecule has 0 bridgehead atoms. The van der Waals surface area contributed by atoms with Gasteiger partial charge in [0, 0.05) is 5.41 Å². The van der Waals surface area contributed by atoms with E-state index in [-0.39, 0.29) is 24.0 Å². The van der Waals surface area contributed by atoms with E-state index in [1.54, 1.807) is 6.26 Å². The molecule has 0 radical (unpaired) electrons. The molecule has 0 aliphatic carbocycles. The van der Waals surface area contributed by atoms with Gasteiger partial charge in [0.05, 0.1) is 29.3 Å². The number of aromatic amines is 1. The molecule has 3 aromatic rings. The predicted molar refractivity (Wildman–Crippen MR) is 95.1 cm³/mol. The van der Waals surface area contributed by atoms with Gasteiger partial charge in [-0.1, -0.05) is 32.9 Å². The van der Waals surface area contributed by atoms with E-state index in [2.05, 4.69) is 46.4 Å². The fraction of sp³-hybridized carbons (Fsp3) is 0.389. The van der Waals surface area contributed by atoms with Crippen LogP contribution in [0.2, 0.25) is 0 Å². The normalized spacial score (nSPS) is 13.0. The van der Waals surface area contributed by atoms with E-state index in [0.29, 0.717) is 11.7 Å². The molecule has 2 amide bonds. The summed E-state index contributed by atoms with van der Waals surface area (Å²) in [5.74, 6) is 1.19. The molecule has 132 valence electrons. The molecule has 2 heterocycles. The topological polar surface area (TPSA) is 95.8 Å². The molecule has 25 heavy (non-hydrogen) atoms. The maximum atomic E-state index is 12.1. The zero-order valence-electron chi connectivity index (χ0n) is 14.9. The predicted octanol–water partition coefficient (Wildman–Crippen LogP) is 3.41. The molecule has 1 aromatic carbocycles. The van der Waals surface area contributed by atoms with Crippen LogP contribution in [0.4, 0.5) is 4.79 Å². The summed E-state index contributed by atoms with van der Waals surface area (Å²) in [4.78, 5) is 24.2. The van der Waals surface area contributed by atoms with Crippen LogP contribution in [0, 0.1) is 0 Å². The molecule has 0 unspecified atom stereocenters. The SMILES string of the molecule is C[C@H](NC(=O)NCc1nc(C(C)(C)C)co1)c1nc2ccccc2[nH]1. The van der Waals surface area contributed by atoms with Crippen molar-refractivity contribution < 1.29 is 9.21 Å². The van der Waals surface area contributed by atoms with Gasteiger partial charge in [-0.15, -0.1) is 0 Å². The van der Waals surface area contributed by atoms with Crippen molar-refractivity contribution in [2.24, 2.45) is 0 Å². The van der Waals surface area contributed by atoms with E-state index >= 15 is 0 Å². The lowest BCUT2D eigenvalue weighted by Crippen LogP contribution is -2.37. The van der Waals surface area contributed by atoms with Crippen molar-refractivity contribution in [2.75, 3.05) is 0 Å². The highest BCUT2D eigenvalue weighted by Gasteiger charge is 2.19. The third-order valence-electron chi connectivity index (χ3n) is 3.89. The molecule has 7 heteroatoms. The molecule has 0 aliphatic heterocycles. The van der Waals surface area contributed by atoms with Crippen LogP contribution in [0.25, 0.3) is 11.0 Å². The quantitative estimate of drug-likeness (QED) is 0.677. The first-order valence-corrected chi connectivity index (χ1v) is 8.27. The minimum Gasteiger partial charge on any atom is -0.447 e. The van der Waals surface area contributed by atoms with E-state index in [0.717, 1.165) is 16.7 Å². The molecule has 0 saturated carbocycles. The van der Waals surface area contributed by atoms with Crippen molar-refractivity contribution in [3.8, 4) is 0 Å². The summed E-state index contributed by atoms with van der Waals surface area (Å²) >= 11 is 0. The van der Waals surface area contributed by atoms with Crippen LogP contribution in [0.5, 0.6) is 0 Å². The number of imidazole rings is 1. The van der Waals surface area contributed by atoms with Crippen molar-refractivity contribution in [3.63, 3.8) is 0 Å². The number of para-hydroxylation sites is 2. The molecule has 0 spiro atoms. The second kappa shape index (κ2) is 6.58. The third-order valence-corrected chi connectivity index (χ3v) is 3.89. The Bertz CT molecular complexity index is 842. The largest absolute Gasteiger partial charge is 0.447 e. The Morgan fingerprint density at radius 2 is 2.04 bits per heavy atom. The van der Waals surface area contributed by atoms with Gasteiger partial charge in [-0.3, -0.25) is 0 Å². The summed E-state index contributed by atoms with van der Waals surface area (Å²) in [6.45, 7) is 8.28. The average Bonchev–Trinajstić information content (AvgIpc) is 3.19. The molecular formula is C18H23N5O2. The number of urea groups is 1. The number of rotatable bonds is 4. The van der Waals surface area contributed by atoms with Crippen LogP contribution >= 0.6 is 0 Å². The highest BCUT2D eigenvalue weighted by Crippen LogP contribution is 2.21. The minimum atomic E-state index is -0.302. The highest BCUT2D eigenvalue weighted by atomic mass is 16.3. The number of oxazole rings is 1. The van der Waals surface area contributed by atoms with E-state index in [1.165, 1.54) is 0 Å². The number of aromatic nitrogens is 3. The van der Waals surface area contributed by atoms with Crippen LogP contribution in [0.3, 0.4) is 0 Å². The Labute approximate surface area is 146 Å². The number of fused-ring (bicyclic) bond motifs is 1. The minimum absolute atomic E-state index is 0.0835. The van der Waals surface area contributed by atoms with Gasteiger partial charge in [-0.25, -0.2) is 14.8 Å². The van der Waals surface area contributed by atoms with Gasteiger partial charge in [-0.2, -0.15) is 0 Å². The van der Waals surface area contributed by atoms with Crippen LogP contribution in [0.1, 0.15) is 51.1 Å². The van der Waals surface area contributed by atoms with Crippen LogP contribution in [0.15, 0.2) is 34.9 Å². The van der Waals surface area contributed by atoms with Gasteiger partial charge in [0.2, 0.25) is 5.89 Å². The molecule has 3 rings (SSSR count). The lowest BCUT2D eigenvalue weighted by molar-refractivity contribution is 0.236. The zero-order chi connectivity index (χ0) is 18.0. The Morgan fingerprint density at radius 3 is 2.72 bits per heavy atom. The maximum Gasteiger partial charge on any atom is 0.315 e. The highest BCUT2D eigenvalue weighted by molar-refractivity contribution is 5.76. The Balaban J connectivity index is 1.56. The summed E-state index contributed by atoms with van der Waals surface area (Å²) < 4.78 is 5.40. The van der Waals surface area contributed by atoms with E-state index in [9.17, 15) is 4.79 Å². The van der Waals surface area contributed by atoms with E-state index < -0.39 is 0 Å². The average molecular weight is 341 g/mol. The van der Waals surface area contributed by atoms with Crippen molar-refractivity contribution >= 4 is 17.1 Å². The Morgan fingerprint density at radius 1 is 1.28 bits per heavy atom. The smallest absolute Gasteiger partial charge is 0.315 e. The fourth-order valence-electron chi connectivity index (χ4n) is 2.39. The van der Waals surface area contributed by atoms with E-state index in [1.807, 2.05) is 31.2 Å². The first-order chi connectivity index (χ1) is 11.8. The summed E-state index contributed by atoms with van der Waals surface area (Å²) in [7, 11) is 0. The van der Waals surface area contributed by atoms with Crippen LogP contribution < -0.4 is 10.6 Å². The van der Waals surface area contributed by atoms with Gasteiger partial charge in [0.25, 0.3) is 0 Å². The molecule has 2 aromatic heterocycles. The van der Waals surface area contributed by atoms with Gasteiger partial charge in [-0.05, 0) is 19.1 Å². The first-order valence-electron chi connectivity index (χ1n) is 8.27. The fourth-order valence-corrected chi connectivity index (χ4v) is 2.39. The standard InChI is InChI=1S/C18H23N5O2/c1-11(16-21-12-7-5-6-8-13(12)22-16)20-17(24)19-9-15-23-14(10-25-15)18(2,3)4/h5-8,10-11H,9H2,1-4H3,(H,21,22)(H2,19,20,24)/t11-/m0/s1. The number of nitrogens with one attached hydrogen (secondary N) is 3. The van der Waals surface area contributed by atoms with Gasteiger partial charge < -0.3 is 20.0 Å². The van der Waals surface area contributed by atoms with Crippen LogP contribution in [-0.2, 0) is 12.0 Å². The zero-order valence-corrected chi connectivity index (χ0v) is 14.9. The molecule has 0 aliphatic rings. The number of benzene rings is 1. The Hall–Kier alpha value is -2.83. The van der Waals surface area contributed by atoms with Gasteiger partial charge in [0.1, 0.15) is 12.1 Å². The number of amides is 2. The number of hydrogen-bond donors (Lipinski definition) is 3. The molecule has 1 atom stereocenters. The lowest BCUT2D eigenvalue weighted by Gasteiger charge is -2.13. The monoisotopic (exact) mass is 341 g/mol. The summed E-state index contributed by atoms with van der Waals surface area (Å²) in [5, 5.41) is 5.60.